The molecule has 2 aromatic rings. The van der Waals surface area contributed by atoms with Crippen LogP contribution in [0.5, 0.6) is 0 Å². The van der Waals surface area contributed by atoms with Crippen LogP contribution in [0.3, 0.4) is 0 Å². The van der Waals surface area contributed by atoms with Gasteiger partial charge in [-0.05, 0) is 45.3 Å². The molecule has 7 heteroatoms. The monoisotopic (exact) mass is 337 g/mol. The molecule has 1 unspecified atom stereocenters. The average molecular weight is 337 g/mol. The third-order valence-corrected chi connectivity index (χ3v) is 5.40. The van der Waals surface area contributed by atoms with E-state index in [4.69, 9.17) is 10.1 Å². The first kappa shape index (κ1) is 16.6. The zero-order chi connectivity index (χ0) is 16.6. The van der Waals surface area contributed by atoms with E-state index in [0.717, 1.165) is 35.0 Å². The van der Waals surface area contributed by atoms with E-state index in [9.17, 15) is 9.90 Å². The number of aryl methyl sites for hydroxylation is 2. The molecule has 0 aromatic carbocycles. The lowest BCUT2D eigenvalue weighted by Crippen LogP contribution is -2.33. The molecule has 1 aliphatic carbocycles. The number of aliphatic hydroxyl groups is 2. The van der Waals surface area contributed by atoms with Gasteiger partial charge in [-0.15, -0.1) is 11.3 Å². The van der Waals surface area contributed by atoms with Gasteiger partial charge in [-0.3, -0.25) is 9.36 Å². The van der Waals surface area contributed by atoms with E-state index < -0.39 is 6.10 Å². The van der Waals surface area contributed by atoms with E-state index in [1.54, 1.807) is 11.3 Å². The maximum absolute atomic E-state index is 13.0. The van der Waals surface area contributed by atoms with Crippen molar-refractivity contribution in [2.24, 2.45) is 0 Å². The predicted molar refractivity (Wildman–Crippen MR) is 91.0 cm³/mol. The Morgan fingerprint density at radius 1 is 1.35 bits per heavy atom. The molecule has 1 atom stereocenters. The van der Waals surface area contributed by atoms with Crippen LogP contribution in [-0.4, -0.2) is 51.5 Å². The van der Waals surface area contributed by atoms with Crippen LogP contribution in [0.4, 0.5) is 0 Å². The third kappa shape index (κ3) is 3.19. The molecule has 0 amide bonds. The topological polar surface area (TPSA) is 78.6 Å². The number of thiophene rings is 1. The lowest BCUT2D eigenvalue weighted by Gasteiger charge is -2.18. The number of fused-ring (bicyclic) bond motifs is 3. The highest BCUT2D eigenvalue weighted by Gasteiger charge is 2.22. The largest absolute Gasteiger partial charge is 0.394 e. The van der Waals surface area contributed by atoms with Crippen LogP contribution in [0.2, 0.25) is 0 Å². The minimum absolute atomic E-state index is 0.0755. The van der Waals surface area contributed by atoms with Crippen molar-refractivity contribution in [1.82, 2.24) is 14.5 Å². The van der Waals surface area contributed by atoms with Gasteiger partial charge in [-0.1, -0.05) is 0 Å². The minimum Gasteiger partial charge on any atom is -0.394 e. The molecule has 0 radical (unpaired) electrons. The molecular weight excluding hydrogens is 314 g/mol. The van der Waals surface area contributed by atoms with Gasteiger partial charge in [-0.25, -0.2) is 4.98 Å². The van der Waals surface area contributed by atoms with Gasteiger partial charge in [0.2, 0.25) is 0 Å². The molecule has 2 heterocycles. The minimum atomic E-state index is -0.956. The quantitative estimate of drug-likeness (QED) is 0.842. The van der Waals surface area contributed by atoms with Crippen LogP contribution in [-0.2, 0) is 25.9 Å². The van der Waals surface area contributed by atoms with Gasteiger partial charge in [0.25, 0.3) is 5.56 Å². The van der Waals surface area contributed by atoms with Crippen molar-refractivity contribution in [3.05, 3.63) is 26.6 Å². The molecule has 1 aliphatic rings. The standard InChI is InChI=1S/C16H23N3O3S/c1-18(2)8-13-17-15-14(11-5-3-4-6-12(11)23-15)16(22)19(13)7-10(21)9-20/h10,20-21H,3-9H2,1-2H3. The molecule has 3 rings (SSSR count). The van der Waals surface area contributed by atoms with Gasteiger partial charge in [0, 0.05) is 4.88 Å². The average Bonchev–Trinajstić information content (AvgIpc) is 2.88. The molecular formula is C16H23N3O3S. The van der Waals surface area contributed by atoms with Gasteiger partial charge in [0.05, 0.1) is 31.2 Å². The number of rotatable bonds is 5. The highest BCUT2D eigenvalue weighted by atomic mass is 32.1. The second-order valence-electron chi connectivity index (χ2n) is 6.41. The first-order valence-electron chi connectivity index (χ1n) is 7.99. The summed E-state index contributed by atoms with van der Waals surface area (Å²) in [5.74, 6) is 0.638. The molecule has 2 N–H and O–H groups in total. The van der Waals surface area contributed by atoms with E-state index in [2.05, 4.69) is 0 Å². The third-order valence-electron chi connectivity index (χ3n) is 4.22. The van der Waals surface area contributed by atoms with Crippen LogP contribution in [0.15, 0.2) is 4.79 Å². The lowest BCUT2D eigenvalue weighted by molar-refractivity contribution is 0.0790. The smallest absolute Gasteiger partial charge is 0.262 e. The number of hydrogen-bond acceptors (Lipinski definition) is 6. The number of aromatic nitrogens is 2. The summed E-state index contributed by atoms with van der Waals surface area (Å²) in [5.41, 5.74) is 1.07. The van der Waals surface area contributed by atoms with Crippen molar-refractivity contribution in [2.45, 2.75) is 44.9 Å². The lowest BCUT2D eigenvalue weighted by atomic mass is 9.97. The molecule has 126 valence electrons. The van der Waals surface area contributed by atoms with Crippen molar-refractivity contribution in [3.8, 4) is 0 Å². The summed E-state index contributed by atoms with van der Waals surface area (Å²) in [6.45, 7) is 0.228. The number of nitrogens with zero attached hydrogens (tertiary/aromatic N) is 3. The maximum Gasteiger partial charge on any atom is 0.262 e. The van der Waals surface area contributed by atoms with Crippen molar-refractivity contribution in [1.29, 1.82) is 0 Å². The fourth-order valence-electron chi connectivity index (χ4n) is 3.14. The molecule has 23 heavy (non-hydrogen) atoms. The summed E-state index contributed by atoms with van der Waals surface area (Å²) in [5, 5.41) is 19.7. The Morgan fingerprint density at radius 2 is 2.09 bits per heavy atom. The van der Waals surface area contributed by atoms with Crippen LogP contribution in [0.25, 0.3) is 10.2 Å². The zero-order valence-corrected chi connectivity index (χ0v) is 14.4. The predicted octanol–water partition coefficient (Wildman–Crippen LogP) is 0.752. The molecule has 0 saturated heterocycles. The Morgan fingerprint density at radius 3 is 2.78 bits per heavy atom. The molecule has 6 nitrogen and oxygen atoms in total. The highest BCUT2D eigenvalue weighted by molar-refractivity contribution is 7.18. The Hall–Kier alpha value is -1.28. The van der Waals surface area contributed by atoms with E-state index in [1.807, 2.05) is 19.0 Å². The van der Waals surface area contributed by atoms with Gasteiger partial charge in [-0.2, -0.15) is 0 Å². The molecule has 0 bridgehead atoms. The van der Waals surface area contributed by atoms with E-state index in [1.165, 1.54) is 15.9 Å². The first-order chi connectivity index (χ1) is 11.0. The summed E-state index contributed by atoms with van der Waals surface area (Å²) in [4.78, 5) is 21.8. The highest BCUT2D eigenvalue weighted by Crippen LogP contribution is 2.33. The van der Waals surface area contributed by atoms with Crippen LogP contribution in [0.1, 0.15) is 29.1 Å². The van der Waals surface area contributed by atoms with Crippen LogP contribution in [0, 0.1) is 0 Å². The summed E-state index contributed by atoms with van der Waals surface area (Å²) in [6.07, 6.45) is 3.28. The Labute approximate surface area is 139 Å². The van der Waals surface area contributed by atoms with E-state index >= 15 is 0 Å². The summed E-state index contributed by atoms with van der Waals surface area (Å²) in [6, 6.07) is 0. The van der Waals surface area contributed by atoms with E-state index in [0.29, 0.717) is 12.4 Å². The van der Waals surface area contributed by atoms with Gasteiger partial charge >= 0.3 is 0 Å². The summed E-state index contributed by atoms with van der Waals surface area (Å²) < 4.78 is 1.53. The van der Waals surface area contributed by atoms with E-state index in [-0.39, 0.29) is 18.7 Å². The van der Waals surface area contributed by atoms with Crippen LogP contribution >= 0.6 is 11.3 Å². The van der Waals surface area contributed by atoms with Crippen molar-refractivity contribution >= 4 is 21.6 Å². The molecule has 0 spiro atoms. The zero-order valence-electron chi connectivity index (χ0n) is 13.6. The molecule has 0 fully saturated rings. The summed E-state index contributed by atoms with van der Waals surface area (Å²) in [7, 11) is 3.84. The van der Waals surface area contributed by atoms with Crippen LogP contribution < -0.4 is 5.56 Å². The van der Waals surface area contributed by atoms with Crippen molar-refractivity contribution in [3.63, 3.8) is 0 Å². The summed E-state index contributed by atoms with van der Waals surface area (Å²) >= 11 is 1.63. The van der Waals surface area contributed by atoms with Gasteiger partial charge < -0.3 is 15.1 Å². The van der Waals surface area contributed by atoms with Gasteiger partial charge in [0.1, 0.15) is 10.7 Å². The van der Waals surface area contributed by atoms with Gasteiger partial charge in [0.15, 0.2) is 0 Å². The fourth-order valence-corrected chi connectivity index (χ4v) is 4.41. The first-order valence-corrected chi connectivity index (χ1v) is 8.80. The Balaban J connectivity index is 2.19. The van der Waals surface area contributed by atoms with Crippen molar-refractivity contribution in [2.75, 3.05) is 20.7 Å². The second-order valence-corrected chi connectivity index (χ2v) is 7.49. The SMILES string of the molecule is CN(C)Cc1nc2sc3c(c2c(=O)n1CC(O)CO)CCCC3. The normalized spacial score (nSPS) is 16.0. The molecule has 0 saturated carbocycles. The maximum atomic E-state index is 13.0. The Bertz CT molecular complexity index is 766. The number of aliphatic hydroxyl groups excluding tert-OH is 2. The molecule has 0 aliphatic heterocycles. The van der Waals surface area contributed by atoms with Crippen molar-refractivity contribution < 1.29 is 10.2 Å². The Kier molecular flexibility index (Phi) is 4.82. The fraction of sp³-hybridized carbons (Fsp3) is 0.625. The number of hydrogen-bond donors (Lipinski definition) is 2. The second kappa shape index (κ2) is 6.68. The molecule has 2 aromatic heterocycles.